The SMILES string of the molecule is COc1ccccc1NC(=O)N1CC(C)NCC1C. The highest BCUT2D eigenvalue weighted by Crippen LogP contribution is 2.23. The van der Waals surface area contributed by atoms with Crippen LogP contribution in [0.2, 0.25) is 0 Å². The van der Waals surface area contributed by atoms with Gasteiger partial charge >= 0.3 is 6.03 Å². The Kier molecular flexibility index (Phi) is 4.27. The molecule has 1 aromatic carbocycles. The van der Waals surface area contributed by atoms with E-state index < -0.39 is 0 Å². The minimum atomic E-state index is -0.0784. The molecule has 5 heteroatoms. The smallest absolute Gasteiger partial charge is 0.322 e. The first kappa shape index (κ1) is 13.7. The number of hydrogen-bond donors (Lipinski definition) is 2. The summed E-state index contributed by atoms with van der Waals surface area (Å²) in [5, 5.41) is 6.27. The summed E-state index contributed by atoms with van der Waals surface area (Å²) in [5.74, 6) is 0.673. The van der Waals surface area contributed by atoms with E-state index in [1.54, 1.807) is 7.11 Å². The summed E-state index contributed by atoms with van der Waals surface area (Å²) < 4.78 is 5.24. The van der Waals surface area contributed by atoms with Crippen LogP contribution >= 0.6 is 0 Å². The van der Waals surface area contributed by atoms with Crippen molar-refractivity contribution in [2.75, 3.05) is 25.5 Å². The largest absolute Gasteiger partial charge is 0.495 e. The molecule has 104 valence electrons. The van der Waals surface area contributed by atoms with Crippen LogP contribution < -0.4 is 15.4 Å². The van der Waals surface area contributed by atoms with Crippen molar-refractivity contribution in [3.8, 4) is 5.75 Å². The zero-order valence-electron chi connectivity index (χ0n) is 11.6. The molecule has 2 amide bonds. The van der Waals surface area contributed by atoms with Crippen LogP contribution in [0.4, 0.5) is 10.5 Å². The number of amides is 2. The number of carbonyl (C=O) groups excluding carboxylic acids is 1. The highest BCUT2D eigenvalue weighted by atomic mass is 16.5. The second-order valence-corrected chi connectivity index (χ2v) is 4.94. The number of urea groups is 1. The third-order valence-corrected chi connectivity index (χ3v) is 3.37. The normalized spacial score (nSPS) is 23.0. The summed E-state index contributed by atoms with van der Waals surface area (Å²) >= 11 is 0. The molecule has 19 heavy (non-hydrogen) atoms. The Morgan fingerprint density at radius 3 is 2.89 bits per heavy atom. The molecule has 2 N–H and O–H groups in total. The van der Waals surface area contributed by atoms with Crippen molar-refractivity contribution in [2.24, 2.45) is 0 Å². The Hall–Kier alpha value is -1.75. The number of para-hydroxylation sites is 2. The molecule has 5 nitrogen and oxygen atoms in total. The third kappa shape index (κ3) is 3.17. The molecule has 2 atom stereocenters. The molecule has 1 aromatic rings. The molecular weight excluding hydrogens is 242 g/mol. The zero-order chi connectivity index (χ0) is 13.8. The van der Waals surface area contributed by atoms with Crippen LogP contribution in [0.25, 0.3) is 0 Å². The number of nitrogens with zero attached hydrogens (tertiary/aromatic N) is 1. The van der Waals surface area contributed by atoms with Crippen LogP contribution in [0.1, 0.15) is 13.8 Å². The van der Waals surface area contributed by atoms with E-state index in [1.807, 2.05) is 36.1 Å². The Balaban J connectivity index is 2.07. The number of benzene rings is 1. The highest BCUT2D eigenvalue weighted by molar-refractivity contribution is 5.91. The molecule has 1 fully saturated rings. The average molecular weight is 263 g/mol. The standard InChI is InChI=1S/C14H21N3O2/c1-10-9-17(11(2)8-15-10)14(18)16-12-6-4-5-7-13(12)19-3/h4-7,10-11,15H,8-9H2,1-3H3,(H,16,18). The maximum atomic E-state index is 12.3. The first-order valence-corrected chi connectivity index (χ1v) is 6.56. The summed E-state index contributed by atoms with van der Waals surface area (Å²) in [6, 6.07) is 7.86. The molecule has 1 aliphatic heterocycles. The molecule has 2 unspecified atom stereocenters. The quantitative estimate of drug-likeness (QED) is 0.857. The molecule has 1 saturated heterocycles. The summed E-state index contributed by atoms with van der Waals surface area (Å²) in [5.41, 5.74) is 0.702. The van der Waals surface area contributed by atoms with Gasteiger partial charge in [-0.1, -0.05) is 12.1 Å². The molecular formula is C14H21N3O2. The molecule has 0 spiro atoms. The van der Waals surface area contributed by atoms with E-state index in [9.17, 15) is 4.79 Å². The predicted octanol–water partition coefficient (Wildman–Crippen LogP) is 1.91. The lowest BCUT2D eigenvalue weighted by molar-refractivity contribution is 0.161. The molecule has 0 radical (unpaired) electrons. The van der Waals surface area contributed by atoms with Crippen LogP contribution in [0.5, 0.6) is 5.75 Å². The lowest BCUT2D eigenvalue weighted by atomic mass is 10.1. The van der Waals surface area contributed by atoms with Crippen molar-refractivity contribution in [1.29, 1.82) is 0 Å². The van der Waals surface area contributed by atoms with Crippen LogP contribution in [0, 0.1) is 0 Å². The first-order chi connectivity index (χ1) is 9.11. The number of ether oxygens (including phenoxy) is 1. The molecule has 2 rings (SSSR count). The molecule has 0 aromatic heterocycles. The van der Waals surface area contributed by atoms with Gasteiger partial charge in [0.1, 0.15) is 5.75 Å². The third-order valence-electron chi connectivity index (χ3n) is 3.37. The van der Waals surface area contributed by atoms with Crippen molar-refractivity contribution in [3.05, 3.63) is 24.3 Å². The Morgan fingerprint density at radius 1 is 1.42 bits per heavy atom. The number of rotatable bonds is 2. The van der Waals surface area contributed by atoms with Gasteiger partial charge in [0.25, 0.3) is 0 Å². The second kappa shape index (κ2) is 5.93. The Bertz CT molecular complexity index is 450. The van der Waals surface area contributed by atoms with Gasteiger partial charge in [-0.3, -0.25) is 0 Å². The van der Waals surface area contributed by atoms with E-state index >= 15 is 0 Å². The summed E-state index contributed by atoms with van der Waals surface area (Å²) in [6.07, 6.45) is 0. The molecule has 1 aliphatic rings. The fraction of sp³-hybridized carbons (Fsp3) is 0.500. The summed E-state index contributed by atoms with van der Waals surface area (Å²) in [7, 11) is 1.60. The number of anilines is 1. The van der Waals surface area contributed by atoms with Gasteiger partial charge in [0.2, 0.25) is 0 Å². The van der Waals surface area contributed by atoms with Gasteiger partial charge in [-0.15, -0.1) is 0 Å². The number of nitrogens with one attached hydrogen (secondary N) is 2. The van der Waals surface area contributed by atoms with Gasteiger partial charge in [0, 0.05) is 25.2 Å². The van der Waals surface area contributed by atoms with Gasteiger partial charge in [-0.05, 0) is 26.0 Å². The van der Waals surface area contributed by atoms with Gasteiger partial charge in [0.15, 0.2) is 0 Å². The number of hydrogen-bond acceptors (Lipinski definition) is 3. The van der Waals surface area contributed by atoms with Crippen molar-refractivity contribution >= 4 is 11.7 Å². The topological polar surface area (TPSA) is 53.6 Å². The molecule has 1 heterocycles. The van der Waals surface area contributed by atoms with Gasteiger partial charge < -0.3 is 20.3 Å². The zero-order valence-corrected chi connectivity index (χ0v) is 11.6. The van der Waals surface area contributed by atoms with Gasteiger partial charge in [-0.2, -0.15) is 0 Å². The van der Waals surface area contributed by atoms with Crippen LogP contribution in [-0.2, 0) is 0 Å². The lowest BCUT2D eigenvalue weighted by Gasteiger charge is -2.37. The van der Waals surface area contributed by atoms with Crippen LogP contribution in [0.15, 0.2) is 24.3 Å². The lowest BCUT2D eigenvalue weighted by Crippen LogP contribution is -2.57. The van der Waals surface area contributed by atoms with Crippen molar-refractivity contribution in [1.82, 2.24) is 10.2 Å². The van der Waals surface area contributed by atoms with E-state index in [1.165, 1.54) is 0 Å². The number of piperazine rings is 1. The van der Waals surface area contributed by atoms with E-state index in [-0.39, 0.29) is 12.1 Å². The second-order valence-electron chi connectivity index (χ2n) is 4.94. The van der Waals surface area contributed by atoms with Crippen molar-refractivity contribution in [2.45, 2.75) is 25.9 Å². The van der Waals surface area contributed by atoms with Gasteiger partial charge in [0.05, 0.1) is 12.8 Å². The maximum absolute atomic E-state index is 12.3. The van der Waals surface area contributed by atoms with E-state index in [2.05, 4.69) is 17.6 Å². The fourth-order valence-corrected chi connectivity index (χ4v) is 2.24. The molecule has 0 saturated carbocycles. The van der Waals surface area contributed by atoms with E-state index in [4.69, 9.17) is 4.74 Å². The molecule has 0 aliphatic carbocycles. The Labute approximate surface area is 113 Å². The maximum Gasteiger partial charge on any atom is 0.322 e. The van der Waals surface area contributed by atoms with E-state index in [0.717, 1.165) is 6.54 Å². The summed E-state index contributed by atoms with van der Waals surface area (Å²) in [6.45, 7) is 5.65. The van der Waals surface area contributed by atoms with Crippen LogP contribution in [-0.4, -0.2) is 43.2 Å². The highest BCUT2D eigenvalue weighted by Gasteiger charge is 2.26. The van der Waals surface area contributed by atoms with Crippen LogP contribution in [0.3, 0.4) is 0 Å². The van der Waals surface area contributed by atoms with Gasteiger partial charge in [-0.25, -0.2) is 4.79 Å². The summed E-state index contributed by atoms with van der Waals surface area (Å²) in [4.78, 5) is 14.2. The van der Waals surface area contributed by atoms with E-state index in [0.29, 0.717) is 24.0 Å². The minimum absolute atomic E-state index is 0.0784. The monoisotopic (exact) mass is 263 g/mol. The van der Waals surface area contributed by atoms with Crippen molar-refractivity contribution < 1.29 is 9.53 Å². The number of carbonyl (C=O) groups is 1. The number of methoxy groups -OCH3 is 1. The molecule has 0 bridgehead atoms. The predicted molar refractivity (Wildman–Crippen MR) is 75.6 cm³/mol. The average Bonchev–Trinajstić information content (AvgIpc) is 2.42. The minimum Gasteiger partial charge on any atom is -0.495 e. The van der Waals surface area contributed by atoms with Crippen molar-refractivity contribution in [3.63, 3.8) is 0 Å². The fourth-order valence-electron chi connectivity index (χ4n) is 2.24. The first-order valence-electron chi connectivity index (χ1n) is 6.56. The Morgan fingerprint density at radius 2 is 2.16 bits per heavy atom.